The molecule has 0 radical (unpaired) electrons. The molecule has 2 rings (SSSR count). The number of nitrogens with one attached hydrogen (secondary N) is 1. The van der Waals surface area contributed by atoms with Crippen molar-refractivity contribution < 1.29 is 18.7 Å². The first-order chi connectivity index (χ1) is 10.6. The van der Waals surface area contributed by atoms with Gasteiger partial charge in [0.2, 0.25) is 5.91 Å². The van der Waals surface area contributed by atoms with E-state index in [1.807, 2.05) is 18.7 Å². The van der Waals surface area contributed by atoms with E-state index in [-0.39, 0.29) is 18.4 Å². The quantitative estimate of drug-likeness (QED) is 0.866. The van der Waals surface area contributed by atoms with Gasteiger partial charge in [0.15, 0.2) is 5.76 Å². The van der Waals surface area contributed by atoms with Crippen molar-refractivity contribution in [3.05, 3.63) is 23.7 Å². The summed E-state index contributed by atoms with van der Waals surface area (Å²) >= 11 is 0. The smallest absolute Gasteiger partial charge is 0.287 e. The molecule has 0 unspecified atom stereocenters. The molecular formula is C16H24N2O4. The zero-order valence-corrected chi connectivity index (χ0v) is 13.3. The van der Waals surface area contributed by atoms with Gasteiger partial charge < -0.3 is 19.4 Å². The molecule has 22 heavy (non-hydrogen) atoms. The maximum absolute atomic E-state index is 12.0. The molecule has 0 saturated carbocycles. The number of ether oxygens (including phenoxy) is 1. The van der Waals surface area contributed by atoms with Gasteiger partial charge in [-0.25, -0.2) is 0 Å². The van der Waals surface area contributed by atoms with Gasteiger partial charge >= 0.3 is 0 Å². The van der Waals surface area contributed by atoms with Crippen LogP contribution in [0.1, 0.15) is 35.9 Å². The van der Waals surface area contributed by atoms with Crippen molar-refractivity contribution in [1.29, 1.82) is 0 Å². The summed E-state index contributed by atoms with van der Waals surface area (Å²) in [4.78, 5) is 25.7. The molecule has 1 aromatic heterocycles. The second-order valence-corrected chi connectivity index (χ2v) is 5.60. The van der Waals surface area contributed by atoms with Gasteiger partial charge in [-0.05, 0) is 38.7 Å². The minimum Gasteiger partial charge on any atom is -0.459 e. The third-order valence-corrected chi connectivity index (χ3v) is 4.02. The molecule has 1 aliphatic rings. The Morgan fingerprint density at radius 3 is 2.73 bits per heavy atom. The first-order valence-corrected chi connectivity index (χ1v) is 7.79. The lowest BCUT2D eigenvalue weighted by Crippen LogP contribution is -2.43. The standard InChI is InChI=1S/C16H24N2O4/c1-3-21-11-14(19)18-7-4-13(5-8-18)10-17-16(20)15-12(2)6-9-22-15/h6,9,13H,3-5,7-8,10-11H2,1-2H3,(H,17,20). The van der Waals surface area contributed by atoms with E-state index < -0.39 is 0 Å². The van der Waals surface area contributed by atoms with E-state index >= 15 is 0 Å². The number of likely N-dealkylation sites (tertiary alicyclic amines) is 1. The number of carbonyl (C=O) groups excluding carboxylic acids is 2. The second kappa shape index (κ2) is 7.98. The number of hydrogen-bond acceptors (Lipinski definition) is 4. The summed E-state index contributed by atoms with van der Waals surface area (Å²) in [7, 11) is 0. The monoisotopic (exact) mass is 308 g/mol. The van der Waals surface area contributed by atoms with Gasteiger partial charge in [0.1, 0.15) is 6.61 Å². The normalized spacial score (nSPS) is 15.8. The highest BCUT2D eigenvalue weighted by Crippen LogP contribution is 2.17. The minimum atomic E-state index is -0.169. The number of carbonyl (C=O) groups is 2. The molecular weight excluding hydrogens is 284 g/mol. The minimum absolute atomic E-state index is 0.0514. The third kappa shape index (κ3) is 4.34. The highest BCUT2D eigenvalue weighted by molar-refractivity contribution is 5.92. The van der Waals surface area contributed by atoms with Crippen LogP contribution in [-0.2, 0) is 9.53 Å². The van der Waals surface area contributed by atoms with Crippen LogP contribution in [0, 0.1) is 12.8 Å². The number of amides is 2. The first kappa shape index (κ1) is 16.5. The number of rotatable bonds is 6. The molecule has 0 aliphatic carbocycles. The summed E-state index contributed by atoms with van der Waals surface area (Å²) in [6, 6.07) is 1.78. The average Bonchev–Trinajstić information content (AvgIpc) is 2.97. The Labute approximate surface area is 130 Å². The van der Waals surface area contributed by atoms with Crippen LogP contribution in [0.25, 0.3) is 0 Å². The Hall–Kier alpha value is -1.82. The van der Waals surface area contributed by atoms with E-state index in [2.05, 4.69) is 5.32 Å². The molecule has 0 aromatic carbocycles. The number of hydrogen-bond donors (Lipinski definition) is 1. The van der Waals surface area contributed by atoms with Crippen LogP contribution in [0.5, 0.6) is 0 Å². The van der Waals surface area contributed by atoms with Gasteiger partial charge in [0.05, 0.1) is 6.26 Å². The van der Waals surface area contributed by atoms with E-state index in [1.165, 1.54) is 6.26 Å². The van der Waals surface area contributed by atoms with Crippen LogP contribution in [0.2, 0.25) is 0 Å². The van der Waals surface area contributed by atoms with Crippen molar-refractivity contribution in [1.82, 2.24) is 10.2 Å². The van der Waals surface area contributed by atoms with Crippen molar-refractivity contribution in [2.24, 2.45) is 5.92 Å². The molecule has 1 saturated heterocycles. The Balaban J connectivity index is 1.70. The van der Waals surface area contributed by atoms with Crippen LogP contribution in [0.15, 0.2) is 16.7 Å². The Morgan fingerprint density at radius 2 is 2.14 bits per heavy atom. The third-order valence-electron chi connectivity index (χ3n) is 4.02. The molecule has 0 bridgehead atoms. The van der Waals surface area contributed by atoms with Crippen LogP contribution in [0.3, 0.4) is 0 Å². The Bertz CT molecular complexity index is 504. The van der Waals surface area contributed by atoms with Crippen molar-refractivity contribution in [2.45, 2.75) is 26.7 Å². The topological polar surface area (TPSA) is 71.8 Å². The van der Waals surface area contributed by atoms with Crippen molar-refractivity contribution in [2.75, 3.05) is 32.8 Å². The maximum Gasteiger partial charge on any atom is 0.287 e. The molecule has 6 heteroatoms. The highest BCUT2D eigenvalue weighted by atomic mass is 16.5. The molecule has 6 nitrogen and oxygen atoms in total. The summed E-state index contributed by atoms with van der Waals surface area (Å²) in [6.07, 6.45) is 3.32. The number of furan rings is 1. The van der Waals surface area contributed by atoms with E-state index in [4.69, 9.17) is 9.15 Å². The van der Waals surface area contributed by atoms with Gasteiger partial charge in [-0.2, -0.15) is 0 Å². The summed E-state index contributed by atoms with van der Waals surface area (Å²) in [5, 5.41) is 2.91. The van der Waals surface area contributed by atoms with Crippen LogP contribution in [-0.4, -0.2) is 49.6 Å². The largest absolute Gasteiger partial charge is 0.459 e. The first-order valence-electron chi connectivity index (χ1n) is 7.79. The lowest BCUT2D eigenvalue weighted by molar-refractivity contribution is -0.137. The molecule has 2 heterocycles. The zero-order chi connectivity index (χ0) is 15.9. The van der Waals surface area contributed by atoms with Crippen molar-refractivity contribution >= 4 is 11.8 Å². The molecule has 122 valence electrons. The maximum atomic E-state index is 12.0. The van der Waals surface area contributed by atoms with Crippen LogP contribution >= 0.6 is 0 Å². The Kier molecular flexibility index (Phi) is 6.00. The van der Waals surface area contributed by atoms with Gasteiger partial charge in [0.25, 0.3) is 5.91 Å². The van der Waals surface area contributed by atoms with E-state index in [0.717, 1.165) is 31.5 Å². The van der Waals surface area contributed by atoms with Gasteiger partial charge in [0, 0.05) is 31.8 Å². The van der Waals surface area contributed by atoms with Crippen LogP contribution < -0.4 is 5.32 Å². The molecule has 1 fully saturated rings. The fourth-order valence-corrected chi connectivity index (χ4v) is 2.59. The molecule has 0 spiro atoms. The fourth-order valence-electron chi connectivity index (χ4n) is 2.59. The molecule has 2 amide bonds. The number of aryl methyl sites for hydroxylation is 1. The zero-order valence-electron chi connectivity index (χ0n) is 13.3. The number of piperidine rings is 1. The molecule has 1 N–H and O–H groups in total. The summed E-state index contributed by atoms with van der Waals surface area (Å²) in [6.45, 7) is 6.52. The van der Waals surface area contributed by atoms with Crippen molar-refractivity contribution in [3.8, 4) is 0 Å². The van der Waals surface area contributed by atoms with Crippen LogP contribution in [0.4, 0.5) is 0 Å². The van der Waals surface area contributed by atoms with E-state index in [9.17, 15) is 9.59 Å². The summed E-state index contributed by atoms with van der Waals surface area (Å²) < 4.78 is 10.3. The highest BCUT2D eigenvalue weighted by Gasteiger charge is 2.23. The molecule has 1 aromatic rings. The van der Waals surface area contributed by atoms with E-state index in [0.29, 0.717) is 24.8 Å². The predicted octanol–water partition coefficient (Wildman–Crippen LogP) is 1.59. The lowest BCUT2D eigenvalue weighted by Gasteiger charge is -2.32. The lowest BCUT2D eigenvalue weighted by atomic mass is 9.96. The van der Waals surface area contributed by atoms with Gasteiger partial charge in [-0.15, -0.1) is 0 Å². The number of nitrogens with zero attached hydrogens (tertiary/aromatic N) is 1. The molecule has 1 aliphatic heterocycles. The summed E-state index contributed by atoms with van der Waals surface area (Å²) in [5.41, 5.74) is 0.842. The second-order valence-electron chi connectivity index (χ2n) is 5.60. The van der Waals surface area contributed by atoms with Gasteiger partial charge in [-0.1, -0.05) is 0 Å². The summed E-state index contributed by atoms with van der Waals surface area (Å²) in [5.74, 6) is 0.660. The average molecular weight is 308 g/mol. The van der Waals surface area contributed by atoms with E-state index in [1.54, 1.807) is 6.07 Å². The molecule has 0 atom stereocenters. The van der Waals surface area contributed by atoms with Crippen molar-refractivity contribution in [3.63, 3.8) is 0 Å². The SMILES string of the molecule is CCOCC(=O)N1CCC(CNC(=O)c2occc2C)CC1. The predicted molar refractivity (Wildman–Crippen MR) is 81.6 cm³/mol. The van der Waals surface area contributed by atoms with Gasteiger partial charge in [-0.3, -0.25) is 9.59 Å². The fraction of sp³-hybridized carbons (Fsp3) is 0.625. The Morgan fingerprint density at radius 1 is 1.41 bits per heavy atom.